The average Bonchev–Trinajstić information content (AvgIpc) is 2.99. The van der Waals surface area contributed by atoms with Crippen molar-refractivity contribution >= 4 is 5.91 Å². The summed E-state index contributed by atoms with van der Waals surface area (Å²) in [6, 6.07) is 6.01. The number of hydrogen-bond acceptors (Lipinski definition) is 2. The molecule has 1 saturated heterocycles. The van der Waals surface area contributed by atoms with E-state index in [9.17, 15) is 4.79 Å². The van der Waals surface area contributed by atoms with Crippen molar-refractivity contribution in [2.24, 2.45) is 5.92 Å². The molecule has 1 aliphatic heterocycles. The average molecular weight is 311 g/mol. The number of rotatable bonds is 4. The molecule has 0 bridgehead atoms. The Morgan fingerprint density at radius 2 is 2.09 bits per heavy atom. The monoisotopic (exact) mass is 311 g/mol. The van der Waals surface area contributed by atoms with Crippen molar-refractivity contribution < 1.29 is 4.79 Å². The van der Waals surface area contributed by atoms with Crippen LogP contribution in [0.1, 0.15) is 43.6 Å². The number of aryl methyl sites for hydroxylation is 1. The van der Waals surface area contributed by atoms with Gasteiger partial charge in [-0.15, -0.1) is 0 Å². The lowest BCUT2D eigenvalue weighted by molar-refractivity contribution is 0.0672. The van der Waals surface area contributed by atoms with Gasteiger partial charge in [-0.2, -0.15) is 0 Å². The van der Waals surface area contributed by atoms with Crippen LogP contribution in [0.5, 0.6) is 0 Å². The summed E-state index contributed by atoms with van der Waals surface area (Å²) < 4.78 is 2.11. The van der Waals surface area contributed by atoms with E-state index in [1.54, 1.807) is 12.4 Å². The van der Waals surface area contributed by atoms with Gasteiger partial charge in [0.25, 0.3) is 5.91 Å². The van der Waals surface area contributed by atoms with Gasteiger partial charge in [-0.3, -0.25) is 9.78 Å². The third kappa shape index (κ3) is 3.46. The molecule has 23 heavy (non-hydrogen) atoms. The summed E-state index contributed by atoms with van der Waals surface area (Å²) in [6.07, 6.45) is 9.03. The first-order chi connectivity index (χ1) is 11.2. The second-order valence-corrected chi connectivity index (χ2v) is 6.54. The largest absolute Gasteiger partial charge is 0.343 e. The van der Waals surface area contributed by atoms with Gasteiger partial charge >= 0.3 is 0 Å². The number of nitrogens with zero attached hydrogens (tertiary/aromatic N) is 3. The highest BCUT2D eigenvalue weighted by Gasteiger charge is 2.24. The third-order valence-corrected chi connectivity index (χ3v) is 4.54. The molecule has 0 spiro atoms. The Morgan fingerprint density at radius 1 is 1.30 bits per heavy atom. The fourth-order valence-corrected chi connectivity index (χ4v) is 3.35. The number of pyridine rings is 1. The zero-order valence-electron chi connectivity index (χ0n) is 14.0. The summed E-state index contributed by atoms with van der Waals surface area (Å²) >= 11 is 0. The van der Waals surface area contributed by atoms with Gasteiger partial charge < -0.3 is 9.47 Å². The van der Waals surface area contributed by atoms with E-state index in [2.05, 4.69) is 29.6 Å². The van der Waals surface area contributed by atoms with E-state index < -0.39 is 0 Å². The third-order valence-electron chi connectivity index (χ3n) is 4.54. The standard InChI is InChI=1S/C19H25N3O/c1-3-10-21-14-17(16-6-8-20-9-7-16)12-18(21)19(23)22-11-4-5-15(2)13-22/h6-9,12,14-15H,3-5,10-11,13H2,1-2H3/t15-/m1/s1. The van der Waals surface area contributed by atoms with Crippen LogP contribution in [0.3, 0.4) is 0 Å². The van der Waals surface area contributed by atoms with Crippen LogP contribution >= 0.6 is 0 Å². The van der Waals surface area contributed by atoms with E-state index in [4.69, 9.17) is 0 Å². The molecule has 122 valence electrons. The van der Waals surface area contributed by atoms with Gasteiger partial charge in [0.1, 0.15) is 5.69 Å². The molecule has 1 atom stereocenters. The second kappa shape index (κ2) is 6.99. The Kier molecular flexibility index (Phi) is 4.79. The predicted molar refractivity (Wildman–Crippen MR) is 92.3 cm³/mol. The first kappa shape index (κ1) is 15.8. The van der Waals surface area contributed by atoms with Crippen LogP contribution in [0.25, 0.3) is 11.1 Å². The SMILES string of the molecule is CCCn1cc(-c2ccncc2)cc1C(=O)N1CCC[C@@H](C)C1. The van der Waals surface area contributed by atoms with Crippen molar-refractivity contribution in [3.8, 4) is 11.1 Å². The van der Waals surface area contributed by atoms with Crippen molar-refractivity contribution in [2.45, 2.75) is 39.7 Å². The molecule has 0 aromatic carbocycles. The Balaban J connectivity index is 1.90. The highest BCUT2D eigenvalue weighted by molar-refractivity contribution is 5.94. The van der Waals surface area contributed by atoms with Crippen molar-refractivity contribution in [1.29, 1.82) is 0 Å². The molecule has 0 aliphatic carbocycles. The van der Waals surface area contributed by atoms with Gasteiger partial charge in [0.15, 0.2) is 0 Å². The van der Waals surface area contributed by atoms with Gasteiger partial charge in [-0.25, -0.2) is 0 Å². The maximum atomic E-state index is 13.0. The lowest BCUT2D eigenvalue weighted by Gasteiger charge is -2.31. The highest BCUT2D eigenvalue weighted by atomic mass is 16.2. The first-order valence-electron chi connectivity index (χ1n) is 8.59. The van der Waals surface area contributed by atoms with Crippen LogP contribution in [-0.2, 0) is 6.54 Å². The van der Waals surface area contributed by atoms with Gasteiger partial charge in [0, 0.05) is 43.8 Å². The molecule has 1 fully saturated rings. The maximum Gasteiger partial charge on any atom is 0.270 e. The highest BCUT2D eigenvalue weighted by Crippen LogP contribution is 2.24. The minimum Gasteiger partial charge on any atom is -0.343 e. The molecule has 1 aliphatic rings. The predicted octanol–water partition coefficient (Wildman–Crippen LogP) is 3.83. The summed E-state index contributed by atoms with van der Waals surface area (Å²) in [5, 5.41) is 0. The maximum absolute atomic E-state index is 13.0. The van der Waals surface area contributed by atoms with Gasteiger partial charge in [-0.1, -0.05) is 13.8 Å². The minimum atomic E-state index is 0.172. The lowest BCUT2D eigenvalue weighted by Crippen LogP contribution is -2.39. The minimum absolute atomic E-state index is 0.172. The number of carbonyl (C=O) groups excluding carboxylic acids is 1. The first-order valence-corrected chi connectivity index (χ1v) is 8.59. The number of carbonyl (C=O) groups is 1. The fraction of sp³-hybridized carbons (Fsp3) is 0.474. The van der Waals surface area contributed by atoms with Crippen LogP contribution in [0.2, 0.25) is 0 Å². The van der Waals surface area contributed by atoms with E-state index in [-0.39, 0.29) is 5.91 Å². The Bertz CT molecular complexity index is 663. The van der Waals surface area contributed by atoms with Crippen LogP contribution in [0, 0.1) is 5.92 Å². The molecule has 0 saturated carbocycles. The lowest BCUT2D eigenvalue weighted by atomic mass is 10.00. The Morgan fingerprint density at radius 3 is 2.78 bits per heavy atom. The summed E-state index contributed by atoms with van der Waals surface area (Å²) in [5.41, 5.74) is 3.01. The topological polar surface area (TPSA) is 38.1 Å². The Hall–Kier alpha value is -2.10. The second-order valence-electron chi connectivity index (χ2n) is 6.54. The van der Waals surface area contributed by atoms with Gasteiger partial charge in [0.05, 0.1) is 0 Å². The number of aromatic nitrogens is 2. The molecular formula is C19H25N3O. The summed E-state index contributed by atoms with van der Waals surface area (Å²) in [4.78, 5) is 19.1. The van der Waals surface area contributed by atoms with E-state index >= 15 is 0 Å². The van der Waals surface area contributed by atoms with E-state index in [1.807, 2.05) is 23.1 Å². The van der Waals surface area contributed by atoms with Crippen molar-refractivity contribution in [2.75, 3.05) is 13.1 Å². The molecule has 4 nitrogen and oxygen atoms in total. The summed E-state index contributed by atoms with van der Waals surface area (Å²) in [5.74, 6) is 0.771. The molecule has 2 aromatic heterocycles. The van der Waals surface area contributed by atoms with Crippen LogP contribution in [-0.4, -0.2) is 33.4 Å². The van der Waals surface area contributed by atoms with Gasteiger partial charge in [-0.05, 0) is 48.9 Å². The molecule has 0 N–H and O–H groups in total. The van der Waals surface area contributed by atoms with Crippen LogP contribution in [0.15, 0.2) is 36.8 Å². The van der Waals surface area contributed by atoms with E-state index in [0.717, 1.165) is 49.3 Å². The molecule has 2 aromatic rings. The molecule has 0 unspecified atom stereocenters. The van der Waals surface area contributed by atoms with Crippen molar-refractivity contribution in [3.05, 3.63) is 42.5 Å². The van der Waals surface area contributed by atoms with E-state index in [0.29, 0.717) is 5.92 Å². The number of hydrogen-bond donors (Lipinski definition) is 0. The molecule has 3 rings (SSSR count). The molecular weight excluding hydrogens is 286 g/mol. The van der Waals surface area contributed by atoms with Crippen molar-refractivity contribution in [3.63, 3.8) is 0 Å². The molecule has 4 heteroatoms. The van der Waals surface area contributed by atoms with Crippen LogP contribution < -0.4 is 0 Å². The normalized spacial score (nSPS) is 18.2. The summed E-state index contributed by atoms with van der Waals surface area (Å²) in [6.45, 7) is 7.00. The zero-order valence-corrected chi connectivity index (χ0v) is 14.0. The number of amides is 1. The smallest absolute Gasteiger partial charge is 0.270 e. The molecule has 3 heterocycles. The summed E-state index contributed by atoms with van der Waals surface area (Å²) in [7, 11) is 0. The fourth-order valence-electron chi connectivity index (χ4n) is 3.35. The molecule has 0 radical (unpaired) electrons. The quantitative estimate of drug-likeness (QED) is 0.860. The van der Waals surface area contributed by atoms with Crippen LogP contribution in [0.4, 0.5) is 0 Å². The number of likely N-dealkylation sites (tertiary alicyclic amines) is 1. The molecule has 1 amide bonds. The Labute approximate surface area is 138 Å². The van der Waals surface area contributed by atoms with E-state index in [1.165, 1.54) is 6.42 Å². The van der Waals surface area contributed by atoms with Crippen molar-refractivity contribution in [1.82, 2.24) is 14.5 Å². The van der Waals surface area contributed by atoms with Gasteiger partial charge in [0.2, 0.25) is 0 Å². The zero-order chi connectivity index (χ0) is 16.2. The number of piperidine rings is 1.